The minimum atomic E-state index is -0.411. The zero-order valence-corrected chi connectivity index (χ0v) is 15.6. The predicted octanol–water partition coefficient (Wildman–Crippen LogP) is 0.871. The normalized spacial score (nSPS) is 27.2. The summed E-state index contributed by atoms with van der Waals surface area (Å²) in [6.45, 7) is 3.11. The number of aromatic nitrogens is 2. The minimum Gasteiger partial charge on any atom is -0.392 e. The van der Waals surface area contributed by atoms with Gasteiger partial charge in [-0.1, -0.05) is 11.6 Å². The van der Waals surface area contributed by atoms with Crippen molar-refractivity contribution >= 4 is 23.5 Å². The number of aliphatic hydroxyl groups is 1. The molecule has 8 heteroatoms. The van der Waals surface area contributed by atoms with Crippen LogP contribution in [-0.2, 0) is 4.79 Å². The molecule has 2 saturated heterocycles. The smallest absolute Gasteiger partial charge is 0.236 e. The summed E-state index contributed by atoms with van der Waals surface area (Å²) in [5.74, 6) is 0.753. The SMILES string of the molecule is CN(C)CC(=O)N1CCC[C@]2(C1)CN(c1ncc(Cl)cn1)CC[C@H]2O. The molecule has 2 aliphatic heterocycles. The topological polar surface area (TPSA) is 72.8 Å². The maximum absolute atomic E-state index is 12.5. The second-order valence-electron chi connectivity index (χ2n) is 7.45. The van der Waals surface area contributed by atoms with Crippen LogP contribution in [0.2, 0.25) is 5.02 Å². The van der Waals surface area contributed by atoms with Crippen molar-refractivity contribution in [1.29, 1.82) is 0 Å². The Morgan fingerprint density at radius 2 is 2.08 bits per heavy atom. The molecule has 1 N–H and O–H groups in total. The summed E-state index contributed by atoms with van der Waals surface area (Å²) in [6, 6.07) is 0. The van der Waals surface area contributed by atoms with E-state index in [2.05, 4.69) is 14.9 Å². The molecule has 2 aliphatic rings. The van der Waals surface area contributed by atoms with Crippen molar-refractivity contribution in [2.45, 2.75) is 25.4 Å². The standard InChI is InChI=1S/C17H26ClN5O2/c1-21(2)10-15(25)22-6-3-5-17(11-22)12-23(7-4-14(17)24)16-19-8-13(18)9-20-16/h8-9,14,24H,3-7,10-12H2,1-2H3/t14-,17+/m1/s1. The van der Waals surface area contributed by atoms with E-state index < -0.39 is 6.10 Å². The quantitative estimate of drug-likeness (QED) is 0.854. The summed E-state index contributed by atoms with van der Waals surface area (Å²) in [4.78, 5) is 27.0. The van der Waals surface area contributed by atoms with E-state index >= 15 is 0 Å². The molecule has 1 aromatic heterocycles. The number of anilines is 1. The summed E-state index contributed by atoms with van der Waals surface area (Å²) in [6.07, 6.45) is 5.24. The molecular weight excluding hydrogens is 342 g/mol. The molecule has 0 unspecified atom stereocenters. The highest BCUT2D eigenvalue weighted by Crippen LogP contribution is 2.39. The maximum atomic E-state index is 12.5. The number of rotatable bonds is 3. The summed E-state index contributed by atoms with van der Waals surface area (Å²) in [5, 5.41) is 11.2. The van der Waals surface area contributed by atoms with Gasteiger partial charge in [-0.3, -0.25) is 4.79 Å². The van der Waals surface area contributed by atoms with Gasteiger partial charge >= 0.3 is 0 Å². The van der Waals surface area contributed by atoms with E-state index in [1.165, 1.54) is 0 Å². The molecule has 0 bridgehead atoms. The zero-order valence-electron chi connectivity index (χ0n) is 14.9. The molecule has 0 aliphatic carbocycles. The number of halogens is 1. The van der Waals surface area contributed by atoms with E-state index in [-0.39, 0.29) is 11.3 Å². The Balaban J connectivity index is 1.75. The summed E-state index contributed by atoms with van der Waals surface area (Å²) < 4.78 is 0. The van der Waals surface area contributed by atoms with E-state index in [9.17, 15) is 9.90 Å². The third-order valence-corrected chi connectivity index (χ3v) is 5.38. The van der Waals surface area contributed by atoms with Gasteiger partial charge in [0.2, 0.25) is 11.9 Å². The van der Waals surface area contributed by atoms with E-state index in [0.29, 0.717) is 43.6 Å². The highest BCUT2D eigenvalue weighted by molar-refractivity contribution is 6.30. The molecule has 138 valence electrons. The van der Waals surface area contributed by atoms with Gasteiger partial charge in [0.25, 0.3) is 0 Å². The van der Waals surface area contributed by atoms with Crippen molar-refractivity contribution < 1.29 is 9.90 Å². The molecule has 7 nitrogen and oxygen atoms in total. The summed E-state index contributed by atoms with van der Waals surface area (Å²) in [7, 11) is 3.79. The lowest BCUT2D eigenvalue weighted by Crippen LogP contribution is -2.60. The predicted molar refractivity (Wildman–Crippen MR) is 96.7 cm³/mol. The molecule has 1 aromatic rings. The van der Waals surface area contributed by atoms with Crippen LogP contribution in [0.25, 0.3) is 0 Å². The molecule has 1 spiro atoms. The first-order chi connectivity index (χ1) is 11.9. The fourth-order valence-corrected chi connectivity index (χ4v) is 4.03. The fourth-order valence-electron chi connectivity index (χ4n) is 3.93. The van der Waals surface area contributed by atoms with E-state index in [1.54, 1.807) is 12.4 Å². The highest BCUT2D eigenvalue weighted by atomic mass is 35.5. The van der Waals surface area contributed by atoms with Crippen LogP contribution >= 0.6 is 11.6 Å². The van der Waals surface area contributed by atoms with Crippen LogP contribution in [0.4, 0.5) is 5.95 Å². The lowest BCUT2D eigenvalue weighted by Gasteiger charge is -2.51. The average molecular weight is 368 g/mol. The molecule has 3 heterocycles. The van der Waals surface area contributed by atoms with Crippen LogP contribution < -0.4 is 4.90 Å². The van der Waals surface area contributed by atoms with Gasteiger partial charge in [-0.25, -0.2) is 9.97 Å². The number of likely N-dealkylation sites (tertiary alicyclic amines) is 1. The minimum absolute atomic E-state index is 0.121. The number of hydrogen-bond acceptors (Lipinski definition) is 6. The van der Waals surface area contributed by atoms with Gasteiger partial charge in [0.05, 0.1) is 30.1 Å². The molecule has 2 atom stereocenters. The number of nitrogens with zero attached hydrogens (tertiary/aromatic N) is 5. The van der Waals surface area contributed by atoms with Gasteiger partial charge in [0, 0.05) is 31.6 Å². The zero-order chi connectivity index (χ0) is 18.0. The van der Waals surface area contributed by atoms with E-state index in [0.717, 1.165) is 19.4 Å². The van der Waals surface area contributed by atoms with Crippen molar-refractivity contribution in [2.24, 2.45) is 5.41 Å². The molecule has 0 saturated carbocycles. The van der Waals surface area contributed by atoms with Gasteiger partial charge in [0.1, 0.15) is 0 Å². The molecule has 0 radical (unpaired) electrons. The lowest BCUT2D eigenvalue weighted by molar-refractivity contribution is -0.138. The lowest BCUT2D eigenvalue weighted by atomic mass is 9.71. The van der Waals surface area contributed by atoms with Crippen LogP contribution in [0.5, 0.6) is 0 Å². The summed E-state index contributed by atoms with van der Waals surface area (Å²) in [5.41, 5.74) is -0.318. The first-order valence-electron chi connectivity index (χ1n) is 8.73. The maximum Gasteiger partial charge on any atom is 0.236 e. The van der Waals surface area contributed by atoms with Gasteiger partial charge in [-0.2, -0.15) is 0 Å². The third kappa shape index (κ3) is 4.04. The van der Waals surface area contributed by atoms with Crippen molar-refractivity contribution in [2.75, 3.05) is 51.7 Å². The molecule has 2 fully saturated rings. The molecule has 25 heavy (non-hydrogen) atoms. The second kappa shape index (κ2) is 7.43. The highest BCUT2D eigenvalue weighted by Gasteiger charge is 2.46. The summed E-state index contributed by atoms with van der Waals surface area (Å²) >= 11 is 5.88. The van der Waals surface area contributed by atoms with E-state index in [4.69, 9.17) is 11.6 Å². The van der Waals surface area contributed by atoms with Crippen LogP contribution in [0.15, 0.2) is 12.4 Å². The number of aliphatic hydroxyl groups excluding tert-OH is 1. The Hall–Kier alpha value is -1.44. The Labute approximate surface area is 153 Å². The van der Waals surface area contributed by atoms with Crippen LogP contribution in [0, 0.1) is 5.41 Å². The number of likely N-dealkylation sites (N-methyl/N-ethyl adjacent to an activating group) is 1. The monoisotopic (exact) mass is 367 g/mol. The molecule has 1 amide bonds. The second-order valence-corrected chi connectivity index (χ2v) is 7.88. The number of carbonyl (C=O) groups is 1. The van der Waals surface area contributed by atoms with Crippen molar-refractivity contribution in [3.8, 4) is 0 Å². The first kappa shape index (κ1) is 18.4. The van der Waals surface area contributed by atoms with Crippen LogP contribution in [-0.4, -0.2) is 83.7 Å². The first-order valence-corrected chi connectivity index (χ1v) is 9.10. The fraction of sp³-hybridized carbons (Fsp3) is 0.706. The van der Waals surface area contributed by atoms with Crippen LogP contribution in [0.1, 0.15) is 19.3 Å². The van der Waals surface area contributed by atoms with Crippen LogP contribution in [0.3, 0.4) is 0 Å². The van der Waals surface area contributed by atoms with Crippen molar-refractivity contribution in [3.63, 3.8) is 0 Å². The largest absolute Gasteiger partial charge is 0.392 e. The number of hydrogen-bond donors (Lipinski definition) is 1. The van der Waals surface area contributed by atoms with Crippen molar-refractivity contribution in [1.82, 2.24) is 19.8 Å². The average Bonchev–Trinajstić information content (AvgIpc) is 2.58. The van der Waals surface area contributed by atoms with Gasteiger partial charge in [0.15, 0.2) is 0 Å². The molecule has 0 aromatic carbocycles. The molecular formula is C17H26ClN5O2. The van der Waals surface area contributed by atoms with Gasteiger partial charge in [-0.15, -0.1) is 0 Å². The third-order valence-electron chi connectivity index (χ3n) is 5.19. The Kier molecular flexibility index (Phi) is 5.46. The number of carbonyl (C=O) groups excluding carboxylic acids is 1. The number of piperidine rings is 2. The van der Waals surface area contributed by atoms with Gasteiger partial charge < -0.3 is 19.8 Å². The number of amides is 1. The Morgan fingerprint density at radius 1 is 1.36 bits per heavy atom. The molecule has 3 rings (SSSR count). The Bertz CT molecular complexity index is 612. The Morgan fingerprint density at radius 3 is 2.76 bits per heavy atom. The van der Waals surface area contributed by atoms with Gasteiger partial charge in [-0.05, 0) is 33.4 Å². The van der Waals surface area contributed by atoms with Crippen molar-refractivity contribution in [3.05, 3.63) is 17.4 Å². The van der Waals surface area contributed by atoms with E-state index in [1.807, 2.05) is 23.9 Å².